The van der Waals surface area contributed by atoms with Crippen LogP contribution < -0.4 is 0 Å². The molecular formula is C36H53NO5. The van der Waals surface area contributed by atoms with Crippen molar-refractivity contribution in [1.29, 1.82) is 0 Å². The van der Waals surface area contributed by atoms with Crippen LogP contribution in [-0.4, -0.2) is 27.2 Å². The smallest absolute Gasteiger partial charge is 0.335 e. The van der Waals surface area contributed by atoms with Crippen molar-refractivity contribution in [1.82, 2.24) is 0 Å². The zero-order valence-electron chi connectivity index (χ0n) is 26.5. The van der Waals surface area contributed by atoms with Crippen molar-refractivity contribution in [3.05, 3.63) is 58.2 Å². The molecule has 6 heteroatoms. The summed E-state index contributed by atoms with van der Waals surface area (Å²) in [6.45, 7) is 15.9. The molecule has 42 heavy (non-hydrogen) atoms. The first kappa shape index (κ1) is 32.4. The van der Waals surface area contributed by atoms with Gasteiger partial charge in [-0.1, -0.05) is 72.1 Å². The summed E-state index contributed by atoms with van der Waals surface area (Å²) in [5, 5.41) is 29.1. The Morgan fingerprint density at radius 1 is 1.05 bits per heavy atom. The maximum atomic E-state index is 10.5. The Morgan fingerprint density at radius 2 is 1.74 bits per heavy atom. The first-order chi connectivity index (χ1) is 19.8. The van der Waals surface area contributed by atoms with E-state index in [4.69, 9.17) is 5.11 Å². The Labute approximate surface area is 252 Å². The average Bonchev–Trinajstić information content (AvgIpc) is 3.30. The van der Waals surface area contributed by atoms with Gasteiger partial charge in [0.2, 0.25) is 0 Å². The number of carboxylic acid groups (broad SMARTS) is 1. The molecule has 3 fully saturated rings. The Hall–Kier alpha value is -2.47. The molecule has 8 atom stereocenters. The fourth-order valence-electron chi connectivity index (χ4n) is 9.57. The van der Waals surface area contributed by atoms with Gasteiger partial charge in [-0.05, 0) is 115 Å². The van der Waals surface area contributed by atoms with Crippen LogP contribution in [0.4, 0.5) is 5.69 Å². The van der Waals surface area contributed by atoms with Crippen LogP contribution in [0, 0.1) is 56.5 Å². The van der Waals surface area contributed by atoms with Crippen molar-refractivity contribution >= 4 is 17.2 Å². The molecule has 3 saturated carbocycles. The van der Waals surface area contributed by atoms with Crippen LogP contribution >= 0.6 is 0 Å². The Balaban J connectivity index is 0.000000244. The Morgan fingerprint density at radius 3 is 2.36 bits per heavy atom. The van der Waals surface area contributed by atoms with Gasteiger partial charge >= 0.3 is 5.97 Å². The summed E-state index contributed by atoms with van der Waals surface area (Å²) >= 11 is 0. The van der Waals surface area contributed by atoms with Crippen LogP contribution in [0.15, 0.2) is 42.5 Å². The minimum atomic E-state index is -1.14. The van der Waals surface area contributed by atoms with Gasteiger partial charge in [0, 0.05) is 12.1 Å². The first-order valence-electron chi connectivity index (χ1n) is 16.3. The molecule has 4 aliphatic rings. The number of nitro groups is 1. The number of nitro benzene ring substituents is 1. The molecule has 0 saturated heterocycles. The van der Waals surface area contributed by atoms with Crippen molar-refractivity contribution in [3.63, 3.8) is 0 Å². The highest BCUT2D eigenvalue weighted by Gasteiger charge is 2.59. The maximum absolute atomic E-state index is 10.5. The van der Waals surface area contributed by atoms with Crippen molar-refractivity contribution in [2.24, 2.45) is 46.3 Å². The van der Waals surface area contributed by atoms with Gasteiger partial charge < -0.3 is 10.2 Å². The third kappa shape index (κ3) is 6.54. The number of aliphatic carboxylic acids is 1. The molecule has 0 spiro atoms. The van der Waals surface area contributed by atoms with Crippen LogP contribution in [0.2, 0.25) is 0 Å². The molecule has 6 nitrogen and oxygen atoms in total. The van der Waals surface area contributed by atoms with Gasteiger partial charge in [-0.2, -0.15) is 0 Å². The average molecular weight is 580 g/mol. The van der Waals surface area contributed by atoms with Gasteiger partial charge in [0.05, 0.1) is 16.6 Å². The lowest BCUT2D eigenvalue weighted by Crippen LogP contribution is -2.50. The van der Waals surface area contributed by atoms with Crippen LogP contribution in [0.25, 0.3) is 5.57 Å². The number of non-ortho nitro benzene ring substituents is 1. The number of benzene rings is 1. The third-order valence-electron chi connectivity index (χ3n) is 12.0. The molecule has 0 amide bonds. The molecule has 2 N–H and O–H groups in total. The molecule has 1 aromatic rings. The molecule has 0 radical (unpaired) electrons. The third-order valence-corrected chi connectivity index (χ3v) is 12.0. The number of rotatable bonds is 8. The highest BCUT2D eigenvalue weighted by atomic mass is 16.6. The molecule has 0 heterocycles. The number of nitrogens with zero attached hydrogens (tertiary/aromatic N) is 1. The highest BCUT2D eigenvalue weighted by molar-refractivity contribution is 6.14. The van der Waals surface area contributed by atoms with Crippen molar-refractivity contribution in [2.45, 2.75) is 111 Å². The Kier molecular flexibility index (Phi) is 10.1. The molecule has 4 aliphatic carbocycles. The van der Waals surface area contributed by atoms with Gasteiger partial charge in [0.25, 0.3) is 5.69 Å². The topological polar surface area (TPSA) is 101 Å². The predicted molar refractivity (Wildman–Crippen MR) is 169 cm³/mol. The highest BCUT2D eigenvalue weighted by Crippen LogP contribution is 2.67. The van der Waals surface area contributed by atoms with Gasteiger partial charge in [-0.3, -0.25) is 10.1 Å². The van der Waals surface area contributed by atoms with Gasteiger partial charge in [0.1, 0.15) is 0 Å². The summed E-state index contributed by atoms with van der Waals surface area (Å²) in [5.74, 6) is 4.32. The van der Waals surface area contributed by atoms with E-state index in [9.17, 15) is 20.0 Å². The summed E-state index contributed by atoms with van der Waals surface area (Å²) < 4.78 is 0. The van der Waals surface area contributed by atoms with Crippen molar-refractivity contribution < 1.29 is 19.9 Å². The van der Waals surface area contributed by atoms with E-state index in [0.29, 0.717) is 16.4 Å². The van der Waals surface area contributed by atoms with E-state index in [2.05, 4.69) is 47.3 Å². The number of aliphatic hydroxyl groups excluding tert-OH is 1. The molecule has 5 rings (SSSR count). The van der Waals surface area contributed by atoms with Crippen LogP contribution in [0.1, 0.15) is 111 Å². The fourth-order valence-corrected chi connectivity index (χ4v) is 9.57. The van der Waals surface area contributed by atoms with E-state index in [1.54, 1.807) is 5.57 Å². The monoisotopic (exact) mass is 579 g/mol. The number of carbonyl (C=O) groups is 1. The van der Waals surface area contributed by atoms with E-state index >= 15 is 0 Å². The van der Waals surface area contributed by atoms with Crippen LogP contribution in [0.3, 0.4) is 0 Å². The van der Waals surface area contributed by atoms with Gasteiger partial charge in [-0.15, -0.1) is 0 Å². The van der Waals surface area contributed by atoms with Gasteiger partial charge in [0.15, 0.2) is 0 Å². The number of carboxylic acids is 1. The normalized spacial score (nSPS) is 34.2. The zero-order valence-corrected chi connectivity index (χ0v) is 26.5. The molecule has 0 aromatic heterocycles. The summed E-state index contributed by atoms with van der Waals surface area (Å²) in [6, 6.07) is 5.19. The first-order valence-corrected chi connectivity index (χ1v) is 16.3. The van der Waals surface area contributed by atoms with Gasteiger partial charge in [-0.25, -0.2) is 4.79 Å². The van der Waals surface area contributed by atoms with Crippen LogP contribution in [-0.2, 0) is 4.79 Å². The number of fused-ring (bicyclic) bond motifs is 5. The minimum Gasteiger partial charge on any atom is -0.478 e. The SMILES string of the molecule is C=C(C(=O)O)c1ccc([N+](=O)[O-])cc1.CC(C)CCCC(C)[C@H]1CC[C@H]2[C@@H]3CC=C4C[C@@H](O)CC[C@]4(C)[C@H]3CC[C@]12C. The fraction of sp³-hybridized carbons (Fsp3) is 0.694. The standard InChI is InChI=1S/C27H46O.C9H7NO4/c1-18(2)7-6-8-19(3)23-11-12-24-22-10-9-20-17-21(28)13-15-26(20,4)25(22)14-16-27(23,24)5;1-6(9(11)12)7-2-4-8(5-3-7)10(13)14/h9,18-19,21-25,28H,6-8,10-17H2,1-5H3;2-5H,1H2,(H,11,12)/t19?,21-,22-,23+,24-,25-,26-,27+;/m0./s1. The van der Waals surface area contributed by atoms with E-state index in [1.807, 2.05) is 0 Å². The number of hydrogen-bond donors (Lipinski definition) is 2. The molecule has 1 aromatic carbocycles. The van der Waals surface area contributed by atoms with Crippen LogP contribution in [0.5, 0.6) is 0 Å². The second-order valence-corrected chi connectivity index (χ2v) is 14.8. The van der Waals surface area contributed by atoms with Crippen molar-refractivity contribution in [2.75, 3.05) is 0 Å². The number of allylic oxidation sites excluding steroid dienone is 1. The van der Waals surface area contributed by atoms with Crippen molar-refractivity contribution in [3.8, 4) is 0 Å². The molecule has 232 valence electrons. The number of hydrogen-bond acceptors (Lipinski definition) is 4. The predicted octanol–water partition coefficient (Wildman–Crippen LogP) is 9.08. The number of aliphatic hydroxyl groups is 1. The molecule has 0 aliphatic heterocycles. The van der Waals surface area contributed by atoms with E-state index in [1.165, 1.54) is 82.1 Å². The summed E-state index contributed by atoms with van der Waals surface area (Å²) in [6.07, 6.45) is 17.2. The molecular weight excluding hydrogens is 526 g/mol. The maximum Gasteiger partial charge on any atom is 0.335 e. The summed E-state index contributed by atoms with van der Waals surface area (Å²) in [7, 11) is 0. The van der Waals surface area contributed by atoms with E-state index in [-0.39, 0.29) is 17.4 Å². The molecule has 0 bridgehead atoms. The van der Waals surface area contributed by atoms with E-state index in [0.717, 1.165) is 48.3 Å². The lowest BCUT2D eigenvalue weighted by molar-refractivity contribution is -0.384. The second-order valence-electron chi connectivity index (χ2n) is 14.8. The Bertz CT molecular complexity index is 1170. The quantitative estimate of drug-likeness (QED) is 0.138. The second kappa shape index (κ2) is 13.0. The zero-order chi connectivity index (χ0) is 30.8. The summed E-state index contributed by atoms with van der Waals surface area (Å²) in [4.78, 5) is 20.2. The minimum absolute atomic E-state index is 0.0766. The lowest BCUT2D eigenvalue weighted by Gasteiger charge is -2.58. The molecule has 1 unspecified atom stereocenters. The largest absolute Gasteiger partial charge is 0.478 e. The lowest BCUT2D eigenvalue weighted by atomic mass is 9.47. The summed E-state index contributed by atoms with van der Waals surface area (Å²) in [5.41, 5.74) is 2.81. The van der Waals surface area contributed by atoms with E-state index < -0.39 is 10.9 Å².